The molecule has 0 spiro atoms. The van der Waals surface area contributed by atoms with Crippen LogP contribution in [0.25, 0.3) is 22.6 Å². The Kier molecular flexibility index (Phi) is 3.64. The van der Waals surface area contributed by atoms with Crippen molar-refractivity contribution in [3.05, 3.63) is 47.9 Å². The topological polar surface area (TPSA) is 85.9 Å². The summed E-state index contributed by atoms with van der Waals surface area (Å²) in [5.41, 5.74) is 2.29. The monoisotopic (exact) mass is 336 g/mol. The molecule has 0 fully saturated rings. The lowest BCUT2D eigenvalue weighted by molar-refractivity contribution is -0.118. The van der Waals surface area contributed by atoms with Gasteiger partial charge in [-0.25, -0.2) is 14.1 Å². The van der Waals surface area contributed by atoms with Crippen molar-refractivity contribution in [3.8, 4) is 22.6 Å². The van der Waals surface area contributed by atoms with Gasteiger partial charge in [-0.3, -0.25) is 9.78 Å². The van der Waals surface area contributed by atoms with Crippen LogP contribution in [-0.4, -0.2) is 37.3 Å². The van der Waals surface area contributed by atoms with E-state index in [0.29, 0.717) is 34.6 Å². The standard InChI is InChI=1S/C17H13FN6O/c1-24-16(21-22-23-24)15-5-3-11(9-20-15)12-4-2-10(8-14(12)18)13-6-7-19-17(13)25/h2-5,7-9,13H,6H2,1H3. The minimum absolute atomic E-state index is 0.226. The lowest BCUT2D eigenvalue weighted by Crippen LogP contribution is -2.05. The van der Waals surface area contributed by atoms with E-state index in [9.17, 15) is 9.18 Å². The fourth-order valence-electron chi connectivity index (χ4n) is 2.83. The maximum Gasteiger partial charge on any atom is 0.253 e. The van der Waals surface area contributed by atoms with Gasteiger partial charge in [0.25, 0.3) is 5.91 Å². The Hall–Kier alpha value is -3.29. The number of aliphatic imine (C=N–C) groups is 1. The Bertz CT molecular complexity index is 979. The molecule has 124 valence electrons. The summed E-state index contributed by atoms with van der Waals surface area (Å²) in [5, 5.41) is 11.2. The third kappa shape index (κ3) is 2.71. The number of benzene rings is 1. The number of hydrogen-bond acceptors (Lipinski definition) is 5. The van der Waals surface area contributed by atoms with Crippen LogP contribution in [0.4, 0.5) is 4.39 Å². The first kappa shape index (κ1) is 15.3. The van der Waals surface area contributed by atoms with Crippen LogP contribution in [0, 0.1) is 5.82 Å². The molecule has 0 saturated heterocycles. The van der Waals surface area contributed by atoms with E-state index in [4.69, 9.17) is 0 Å². The summed E-state index contributed by atoms with van der Waals surface area (Å²) < 4.78 is 16.0. The van der Waals surface area contributed by atoms with Gasteiger partial charge in [0.05, 0.1) is 5.92 Å². The average Bonchev–Trinajstić information content (AvgIpc) is 3.23. The van der Waals surface area contributed by atoms with Crippen LogP contribution >= 0.6 is 0 Å². The average molecular weight is 336 g/mol. The number of tetrazole rings is 1. The summed E-state index contributed by atoms with van der Waals surface area (Å²) in [6.45, 7) is 0. The number of hydrogen-bond donors (Lipinski definition) is 0. The SMILES string of the molecule is Cn1nnnc1-c1ccc(-c2ccc(C3CC=NC3=O)cc2F)cn1. The van der Waals surface area contributed by atoms with E-state index in [1.54, 1.807) is 43.7 Å². The molecule has 1 aliphatic rings. The van der Waals surface area contributed by atoms with Gasteiger partial charge in [-0.15, -0.1) is 5.10 Å². The molecule has 7 nitrogen and oxygen atoms in total. The second-order valence-corrected chi connectivity index (χ2v) is 5.74. The number of pyridine rings is 1. The third-order valence-electron chi connectivity index (χ3n) is 4.18. The zero-order valence-electron chi connectivity index (χ0n) is 13.3. The van der Waals surface area contributed by atoms with E-state index in [0.717, 1.165) is 0 Å². The molecule has 0 radical (unpaired) electrons. The number of halogens is 1. The first-order valence-electron chi connectivity index (χ1n) is 7.68. The van der Waals surface area contributed by atoms with Crippen LogP contribution in [0.3, 0.4) is 0 Å². The maximum atomic E-state index is 14.5. The van der Waals surface area contributed by atoms with Crippen molar-refractivity contribution in [1.29, 1.82) is 0 Å². The van der Waals surface area contributed by atoms with Gasteiger partial charge in [0.15, 0.2) is 5.82 Å². The van der Waals surface area contributed by atoms with Crippen LogP contribution in [0.15, 0.2) is 41.5 Å². The molecule has 1 unspecified atom stereocenters. The van der Waals surface area contributed by atoms with Gasteiger partial charge in [0.1, 0.15) is 11.5 Å². The Morgan fingerprint density at radius 2 is 2.12 bits per heavy atom. The molecule has 4 rings (SSSR count). The molecule has 25 heavy (non-hydrogen) atoms. The number of amides is 1. The molecule has 1 atom stereocenters. The van der Waals surface area contributed by atoms with Crippen molar-refractivity contribution < 1.29 is 9.18 Å². The van der Waals surface area contributed by atoms with Crippen molar-refractivity contribution in [2.75, 3.05) is 0 Å². The van der Waals surface area contributed by atoms with Crippen molar-refractivity contribution >= 4 is 12.1 Å². The second kappa shape index (κ2) is 5.97. The first-order chi connectivity index (χ1) is 12.1. The van der Waals surface area contributed by atoms with E-state index >= 15 is 0 Å². The minimum Gasteiger partial charge on any atom is -0.272 e. The van der Waals surface area contributed by atoms with E-state index in [1.165, 1.54) is 10.7 Å². The van der Waals surface area contributed by atoms with Crippen molar-refractivity contribution in [1.82, 2.24) is 25.2 Å². The summed E-state index contributed by atoms with van der Waals surface area (Å²) in [5.74, 6) is -0.475. The van der Waals surface area contributed by atoms with Crippen LogP contribution in [-0.2, 0) is 11.8 Å². The van der Waals surface area contributed by atoms with E-state index in [-0.39, 0.29) is 11.8 Å². The van der Waals surface area contributed by atoms with Crippen LogP contribution in [0.2, 0.25) is 0 Å². The van der Waals surface area contributed by atoms with Crippen molar-refractivity contribution in [3.63, 3.8) is 0 Å². The minimum atomic E-state index is -0.396. The molecule has 0 N–H and O–H groups in total. The van der Waals surface area contributed by atoms with Gasteiger partial charge in [-0.1, -0.05) is 18.2 Å². The summed E-state index contributed by atoms with van der Waals surface area (Å²) in [7, 11) is 1.72. The van der Waals surface area contributed by atoms with E-state index < -0.39 is 5.82 Å². The number of aryl methyl sites for hydroxylation is 1. The Balaban J connectivity index is 1.64. The highest BCUT2D eigenvalue weighted by molar-refractivity contribution is 5.97. The highest BCUT2D eigenvalue weighted by Gasteiger charge is 2.24. The predicted octanol–water partition coefficient (Wildman–Crippen LogP) is 2.16. The molecule has 0 saturated carbocycles. The molecular weight excluding hydrogens is 323 g/mol. The van der Waals surface area contributed by atoms with Crippen LogP contribution in [0.1, 0.15) is 17.9 Å². The second-order valence-electron chi connectivity index (χ2n) is 5.74. The van der Waals surface area contributed by atoms with Crippen molar-refractivity contribution in [2.45, 2.75) is 12.3 Å². The maximum absolute atomic E-state index is 14.5. The number of aromatic nitrogens is 5. The zero-order valence-corrected chi connectivity index (χ0v) is 13.3. The number of carbonyl (C=O) groups is 1. The Morgan fingerprint density at radius 3 is 2.72 bits per heavy atom. The van der Waals surface area contributed by atoms with Gasteiger partial charge in [-0.05, 0) is 34.5 Å². The van der Waals surface area contributed by atoms with Crippen molar-refractivity contribution in [2.24, 2.45) is 12.0 Å². The molecular formula is C17H13FN6O. The normalized spacial score (nSPS) is 16.6. The molecule has 1 aliphatic heterocycles. The highest BCUT2D eigenvalue weighted by Crippen LogP contribution is 2.30. The van der Waals surface area contributed by atoms with Gasteiger partial charge in [0, 0.05) is 30.6 Å². The summed E-state index contributed by atoms with van der Waals surface area (Å²) in [4.78, 5) is 19.7. The highest BCUT2D eigenvalue weighted by atomic mass is 19.1. The summed E-state index contributed by atoms with van der Waals surface area (Å²) in [6.07, 6.45) is 3.66. The quantitative estimate of drug-likeness (QED) is 0.731. The predicted molar refractivity (Wildman–Crippen MR) is 88.3 cm³/mol. The van der Waals surface area contributed by atoms with Gasteiger partial charge in [-0.2, -0.15) is 0 Å². The number of carbonyl (C=O) groups excluding carboxylic acids is 1. The van der Waals surface area contributed by atoms with E-state index in [1.807, 2.05) is 0 Å². The van der Waals surface area contributed by atoms with Gasteiger partial charge in [0.2, 0.25) is 0 Å². The Labute approximate surface area is 142 Å². The molecule has 0 bridgehead atoms. The fraction of sp³-hybridized carbons (Fsp3) is 0.176. The molecule has 1 aromatic carbocycles. The summed E-state index contributed by atoms with van der Waals surface area (Å²) >= 11 is 0. The lowest BCUT2D eigenvalue weighted by atomic mass is 9.94. The van der Waals surface area contributed by atoms with Gasteiger partial charge >= 0.3 is 0 Å². The number of rotatable bonds is 3. The Morgan fingerprint density at radius 1 is 1.24 bits per heavy atom. The first-order valence-corrected chi connectivity index (χ1v) is 7.68. The third-order valence-corrected chi connectivity index (χ3v) is 4.18. The van der Waals surface area contributed by atoms with Gasteiger partial charge < -0.3 is 0 Å². The molecule has 0 aliphatic carbocycles. The fourth-order valence-corrected chi connectivity index (χ4v) is 2.83. The zero-order chi connectivity index (χ0) is 17.4. The van der Waals surface area contributed by atoms with E-state index in [2.05, 4.69) is 25.5 Å². The lowest BCUT2D eigenvalue weighted by Gasteiger charge is -2.10. The molecule has 2 aromatic heterocycles. The van der Waals surface area contributed by atoms with Crippen LogP contribution < -0.4 is 0 Å². The number of nitrogens with zero attached hydrogens (tertiary/aromatic N) is 6. The molecule has 8 heteroatoms. The summed E-state index contributed by atoms with van der Waals surface area (Å²) in [6, 6.07) is 8.32. The smallest absolute Gasteiger partial charge is 0.253 e. The molecule has 3 heterocycles. The van der Waals surface area contributed by atoms with Crippen LogP contribution in [0.5, 0.6) is 0 Å². The molecule has 1 amide bonds. The molecule has 3 aromatic rings. The largest absolute Gasteiger partial charge is 0.272 e.